The molecular weight excluding hydrogens is 456 g/mol. The predicted molar refractivity (Wildman–Crippen MR) is 142 cm³/mol. The van der Waals surface area contributed by atoms with Crippen LogP contribution in [0, 0.1) is 6.92 Å². The lowest BCUT2D eigenvalue weighted by Gasteiger charge is -2.28. The topological polar surface area (TPSA) is 66.5 Å². The zero-order chi connectivity index (χ0) is 24.8. The molecule has 5 nitrogen and oxygen atoms in total. The molecule has 0 saturated carbocycles. The molecule has 4 aromatic rings. The van der Waals surface area contributed by atoms with Gasteiger partial charge in [-0.05, 0) is 35.7 Å². The van der Waals surface area contributed by atoms with Crippen LogP contribution in [0.3, 0.4) is 0 Å². The van der Waals surface area contributed by atoms with Gasteiger partial charge < -0.3 is 4.90 Å². The van der Waals surface area contributed by atoms with E-state index in [0.717, 1.165) is 28.6 Å². The van der Waals surface area contributed by atoms with E-state index in [9.17, 15) is 13.2 Å². The van der Waals surface area contributed by atoms with Crippen LogP contribution in [0.5, 0.6) is 0 Å². The van der Waals surface area contributed by atoms with Crippen molar-refractivity contribution in [3.05, 3.63) is 131 Å². The third-order valence-electron chi connectivity index (χ3n) is 5.78. The van der Waals surface area contributed by atoms with E-state index >= 15 is 0 Å². The Balaban J connectivity index is 1.63. The molecule has 0 bridgehead atoms. The average molecular weight is 485 g/mol. The fourth-order valence-electron chi connectivity index (χ4n) is 4.04. The van der Waals surface area contributed by atoms with Gasteiger partial charge in [0.15, 0.2) is 5.78 Å². The third-order valence-corrected chi connectivity index (χ3v) is 6.37. The number of hydrogen-bond donors (Lipinski definition) is 1. The maximum atomic E-state index is 12.8. The first kappa shape index (κ1) is 24.2. The second-order valence-corrected chi connectivity index (χ2v) is 10.3. The highest BCUT2D eigenvalue weighted by Gasteiger charge is 2.16. The number of rotatable bonds is 9. The summed E-state index contributed by atoms with van der Waals surface area (Å²) in [4.78, 5) is 15.0. The molecule has 0 aromatic heterocycles. The number of anilines is 2. The van der Waals surface area contributed by atoms with Gasteiger partial charge in [-0.1, -0.05) is 91.0 Å². The van der Waals surface area contributed by atoms with Crippen molar-refractivity contribution in [3.63, 3.8) is 0 Å². The minimum Gasteiger partial charge on any atom is -0.363 e. The second-order valence-electron chi connectivity index (χ2n) is 8.56. The summed E-state index contributed by atoms with van der Waals surface area (Å²) in [5, 5.41) is 0. The zero-order valence-corrected chi connectivity index (χ0v) is 20.6. The zero-order valence-electron chi connectivity index (χ0n) is 19.8. The van der Waals surface area contributed by atoms with Crippen LogP contribution in [0.25, 0.3) is 0 Å². The number of nitrogens with zero attached hydrogens (tertiary/aromatic N) is 1. The van der Waals surface area contributed by atoms with Crippen LogP contribution in [-0.2, 0) is 23.1 Å². The predicted octanol–water partition coefficient (Wildman–Crippen LogP) is 5.80. The molecule has 0 saturated heterocycles. The summed E-state index contributed by atoms with van der Waals surface area (Å²) >= 11 is 0. The number of ketones is 1. The molecule has 35 heavy (non-hydrogen) atoms. The molecule has 0 amide bonds. The van der Waals surface area contributed by atoms with Crippen molar-refractivity contribution >= 4 is 27.2 Å². The van der Waals surface area contributed by atoms with Crippen molar-refractivity contribution in [2.24, 2.45) is 0 Å². The summed E-state index contributed by atoms with van der Waals surface area (Å²) in [6.45, 7) is 3.16. The standard InChI is InChI=1S/C29H28N2O3S/c1-22-27(30-35(2,33)34)14-9-15-28(22)31(20-23-10-5-3-6-11-23)21-24-16-18-26(19-17-24)29(32)25-12-7-4-8-13-25/h3-19,30H,20-21H2,1-2H3. The first-order valence-electron chi connectivity index (χ1n) is 11.3. The van der Waals surface area contributed by atoms with Crippen molar-refractivity contribution < 1.29 is 13.2 Å². The van der Waals surface area contributed by atoms with Crippen molar-refractivity contribution in [1.29, 1.82) is 0 Å². The summed E-state index contributed by atoms with van der Waals surface area (Å²) in [5.74, 6) is -0.00585. The van der Waals surface area contributed by atoms with Gasteiger partial charge >= 0.3 is 0 Å². The Labute approximate surface area is 207 Å². The number of sulfonamides is 1. The van der Waals surface area contributed by atoms with Gasteiger partial charge in [-0.2, -0.15) is 0 Å². The lowest BCUT2D eigenvalue weighted by Crippen LogP contribution is -2.23. The first-order chi connectivity index (χ1) is 16.8. The molecule has 0 fully saturated rings. The quantitative estimate of drug-likeness (QED) is 0.305. The smallest absolute Gasteiger partial charge is 0.229 e. The average Bonchev–Trinajstić information content (AvgIpc) is 2.85. The van der Waals surface area contributed by atoms with Crippen molar-refractivity contribution in [2.75, 3.05) is 15.9 Å². The van der Waals surface area contributed by atoms with E-state index in [1.54, 1.807) is 6.07 Å². The van der Waals surface area contributed by atoms with Crippen LogP contribution < -0.4 is 9.62 Å². The number of carbonyl (C=O) groups is 1. The van der Waals surface area contributed by atoms with Gasteiger partial charge in [0, 0.05) is 29.9 Å². The van der Waals surface area contributed by atoms with Gasteiger partial charge in [0.1, 0.15) is 0 Å². The lowest BCUT2D eigenvalue weighted by molar-refractivity contribution is 0.103. The van der Waals surface area contributed by atoms with Crippen molar-refractivity contribution in [3.8, 4) is 0 Å². The molecule has 6 heteroatoms. The molecule has 0 aliphatic carbocycles. The third kappa shape index (κ3) is 6.37. The number of benzene rings is 4. The Morgan fingerprint density at radius 1 is 0.714 bits per heavy atom. The summed E-state index contributed by atoms with van der Waals surface area (Å²) in [7, 11) is -3.40. The maximum Gasteiger partial charge on any atom is 0.229 e. The number of hydrogen-bond acceptors (Lipinski definition) is 4. The van der Waals surface area contributed by atoms with E-state index in [2.05, 4.69) is 21.8 Å². The van der Waals surface area contributed by atoms with Gasteiger partial charge in [-0.15, -0.1) is 0 Å². The van der Waals surface area contributed by atoms with E-state index in [0.29, 0.717) is 29.9 Å². The molecule has 0 aliphatic rings. The molecule has 1 N–H and O–H groups in total. The highest BCUT2D eigenvalue weighted by Crippen LogP contribution is 2.30. The highest BCUT2D eigenvalue weighted by molar-refractivity contribution is 7.92. The van der Waals surface area contributed by atoms with Crippen molar-refractivity contribution in [2.45, 2.75) is 20.0 Å². The van der Waals surface area contributed by atoms with Gasteiger partial charge in [0.05, 0.1) is 11.9 Å². The van der Waals surface area contributed by atoms with Crippen molar-refractivity contribution in [1.82, 2.24) is 0 Å². The minimum absolute atomic E-state index is 0.00585. The van der Waals surface area contributed by atoms with E-state index in [1.807, 2.05) is 91.9 Å². The monoisotopic (exact) mass is 484 g/mol. The Bertz CT molecular complexity index is 1400. The van der Waals surface area contributed by atoms with E-state index in [4.69, 9.17) is 0 Å². The van der Waals surface area contributed by atoms with Crippen LogP contribution in [0.4, 0.5) is 11.4 Å². The Hall–Kier alpha value is -3.90. The fraction of sp³-hybridized carbons (Fsp3) is 0.138. The van der Waals surface area contributed by atoms with Gasteiger partial charge in [0.25, 0.3) is 0 Å². The minimum atomic E-state index is -3.40. The molecule has 178 valence electrons. The molecule has 0 atom stereocenters. The van der Waals surface area contributed by atoms with E-state index in [1.165, 1.54) is 0 Å². The molecule has 4 aromatic carbocycles. The lowest BCUT2D eigenvalue weighted by atomic mass is 10.0. The summed E-state index contributed by atoms with van der Waals surface area (Å²) in [6, 6.07) is 32.7. The van der Waals surface area contributed by atoms with Crippen LogP contribution in [0.15, 0.2) is 103 Å². The second kappa shape index (κ2) is 10.6. The van der Waals surface area contributed by atoms with Crippen LogP contribution in [0.1, 0.15) is 32.6 Å². The van der Waals surface area contributed by atoms with Crippen LogP contribution >= 0.6 is 0 Å². The summed E-state index contributed by atoms with van der Waals surface area (Å²) in [6.07, 6.45) is 1.15. The SMILES string of the molecule is Cc1c(NS(C)(=O)=O)cccc1N(Cc1ccccc1)Cc1ccc(C(=O)c2ccccc2)cc1. The maximum absolute atomic E-state index is 12.8. The number of nitrogens with one attached hydrogen (secondary N) is 1. The summed E-state index contributed by atoms with van der Waals surface area (Å²) in [5.41, 5.74) is 5.85. The van der Waals surface area contributed by atoms with Gasteiger partial charge in [-0.25, -0.2) is 8.42 Å². The molecule has 0 aliphatic heterocycles. The van der Waals surface area contributed by atoms with Gasteiger partial charge in [-0.3, -0.25) is 9.52 Å². The molecule has 0 spiro atoms. The molecule has 0 radical (unpaired) electrons. The normalized spacial score (nSPS) is 11.1. The molecule has 0 heterocycles. The van der Waals surface area contributed by atoms with Crippen LogP contribution in [0.2, 0.25) is 0 Å². The van der Waals surface area contributed by atoms with Crippen LogP contribution in [-0.4, -0.2) is 20.5 Å². The largest absolute Gasteiger partial charge is 0.363 e. The Morgan fingerprint density at radius 2 is 1.26 bits per heavy atom. The first-order valence-corrected chi connectivity index (χ1v) is 13.2. The molecular formula is C29H28N2O3S. The Kier molecular flexibility index (Phi) is 7.32. The molecule has 0 unspecified atom stereocenters. The number of carbonyl (C=O) groups excluding carboxylic acids is 1. The van der Waals surface area contributed by atoms with E-state index in [-0.39, 0.29) is 5.78 Å². The molecule has 4 rings (SSSR count). The van der Waals surface area contributed by atoms with Gasteiger partial charge in [0.2, 0.25) is 10.0 Å². The Morgan fingerprint density at radius 3 is 1.86 bits per heavy atom. The highest BCUT2D eigenvalue weighted by atomic mass is 32.2. The summed E-state index contributed by atoms with van der Waals surface area (Å²) < 4.78 is 26.3. The fourth-order valence-corrected chi connectivity index (χ4v) is 4.67. The van der Waals surface area contributed by atoms with E-state index < -0.39 is 10.0 Å².